The Labute approximate surface area is 113 Å². The minimum atomic E-state index is -0.618. The van der Waals surface area contributed by atoms with Crippen LogP contribution >= 0.6 is 0 Å². The summed E-state index contributed by atoms with van der Waals surface area (Å²) < 4.78 is 26.9. The zero-order valence-corrected chi connectivity index (χ0v) is 11.7. The fourth-order valence-corrected chi connectivity index (χ4v) is 3.34. The molecule has 106 valence electrons. The van der Waals surface area contributed by atoms with Crippen LogP contribution in [0.3, 0.4) is 0 Å². The lowest BCUT2D eigenvalue weighted by atomic mass is 9.72. The van der Waals surface area contributed by atoms with Crippen molar-refractivity contribution in [1.29, 1.82) is 0 Å². The Morgan fingerprint density at radius 2 is 1.74 bits per heavy atom. The number of halogens is 2. The van der Waals surface area contributed by atoms with Crippen LogP contribution in [-0.4, -0.2) is 13.1 Å². The van der Waals surface area contributed by atoms with Gasteiger partial charge in [-0.3, -0.25) is 0 Å². The minimum absolute atomic E-state index is 0.194. The maximum absolute atomic E-state index is 13.8. The standard InChI is InChI=1S/C15H22F2N2/c1-3-5-15(6-4-2)9-19(10-15)14-12(17)7-11(16)8-13(14)18/h7-8H,3-6,9-10,18H2,1-2H3. The summed E-state index contributed by atoms with van der Waals surface area (Å²) in [6, 6.07) is 2.10. The summed E-state index contributed by atoms with van der Waals surface area (Å²) in [5, 5.41) is 0. The third-order valence-electron chi connectivity index (χ3n) is 3.99. The molecule has 2 N–H and O–H groups in total. The molecule has 0 atom stereocenters. The van der Waals surface area contributed by atoms with E-state index in [0.717, 1.165) is 44.8 Å². The van der Waals surface area contributed by atoms with E-state index in [1.165, 1.54) is 6.07 Å². The smallest absolute Gasteiger partial charge is 0.151 e. The van der Waals surface area contributed by atoms with Crippen LogP contribution in [0.4, 0.5) is 20.2 Å². The average Bonchev–Trinajstić information content (AvgIpc) is 2.25. The van der Waals surface area contributed by atoms with E-state index in [1.807, 2.05) is 4.90 Å². The molecule has 0 unspecified atom stereocenters. The third-order valence-corrected chi connectivity index (χ3v) is 3.99. The summed E-state index contributed by atoms with van der Waals surface area (Å²) in [5.74, 6) is -1.17. The molecule has 1 aromatic carbocycles. The molecule has 2 rings (SSSR count). The van der Waals surface area contributed by atoms with Crippen LogP contribution in [0.15, 0.2) is 12.1 Å². The number of hydrogen-bond donors (Lipinski definition) is 1. The minimum Gasteiger partial charge on any atom is -0.397 e. The lowest BCUT2D eigenvalue weighted by Gasteiger charge is -2.52. The predicted molar refractivity (Wildman–Crippen MR) is 75.2 cm³/mol. The topological polar surface area (TPSA) is 29.3 Å². The van der Waals surface area contributed by atoms with Crippen LogP contribution in [0, 0.1) is 17.0 Å². The summed E-state index contributed by atoms with van der Waals surface area (Å²) in [5.41, 5.74) is 6.59. The molecule has 0 saturated carbocycles. The molecule has 0 amide bonds. The molecular formula is C15H22F2N2. The second-order valence-corrected chi connectivity index (χ2v) is 5.68. The Bertz CT molecular complexity index is 422. The van der Waals surface area contributed by atoms with E-state index >= 15 is 0 Å². The molecule has 1 saturated heterocycles. The van der Waals surface area contributed by atoms with Crippen molar-refractivity contribution >= 4 is 11.4 Å². The molecule has 0 bridgehead atoms. The first-order valence-corrected chi connectivity index (χ1v) is 7.01. The highest BCUT2D eigenvalue weighted by Gasteiger charge is 2.42. The maximum Gasteiger partial charge on any atom is 0.151 e. The number of anilines is 2. The maximum atomic E-state index is 13.8. The third kappa shape index (κ3) is 2.67. The quantitative estimate of drug-likeness (QED) is 0.819. The lowest BCUT2D eigenvalue weighted by molar-refractivity contribution is 0.172. The van der Waals surface area contributed by atoms with Crippen LogP contribution in [0.25, 0.3) is 0 Å². The van der Waals surface area contributed by atoms with Gasteiger partial charge in [-0.1, -0.05) is 26.7 Å². The van der Waals surface area contributed by atoms with Crippen molar-refractivity contribution in [2.75, 3.05) is 23.7 Å². The van der Waals surface area contributed by atoms with E-state index in [1.54, 1.807) is 0 Å². The fourth-order valence-electron chi connectivity index (χ4n) is 3.34. The Kier molecular flexibility index (Phi) is 3.97. The molecule has 1 fully saturated rings. The molecule has 0 radical (unpaired) electrons. The molecule has 0 aliphatic carbocycles. The van der Waals surface area contributed by atoms with Gasteiger partial charge in [0.25, 0.3) is 0 Å². The van der Waals surface area contributed by atoms with Gasteiger partial charge in [0, 0.05) is 24.6 Å². The number of rotatable bonds is 5. The summed E-state index contributed by atoms with van der Waals surface area (Å²) in [6.45, 7) is 5.99. The SMILES string of the molecule is CCCC1(CCC)CN(c2c(N)cc(F)cc2F)C1. The van der Waals surface area contributed by atoms with Gasteiger partial charge in [-0.2, -0.15) is 0 Å². The van der Waals surface area contributed by atoms with Crippen LogP contribution < -0.4 is 10.6 Å². The highest BCUT2D eigenvalue weighted by atomic mass is 19.1. The van der Waals surface area contributed by atoms with Gasteiger partial charge in [0.15, 0.2) is 5.82 Å². The van der Waals surface area contributed by atoms with Crippen molar-refractivity contribution in [3.63, 3.8) is 0 Å². The highest BCUT2D eigenvalue weighted by Crippen LogP contribution is 2.44. The predicted octanol–water partition coefficient (Wildman–Crippen LogP) is 3.95. The summed E-state index contributed by atoms with van der Waals surface area (Å²) in [4.78, 5) is 1.94. The molecule has 1 heterocycles. The van der Waals surface area contributed by atoms with E-state index < -0.39 is 11.6 Å². The van der Waals surface area contributed by atoms with Crippen LogP contribution in [-0.2, 0) is 0 Å². The van der Waals surface area contributed by atoms with Crippen molar-refractivity contribution < 1.29 is 8.78 Å². The van der Waals surface area contributed by atoms with Crippen LogP contribution in [0.2, 0.25) is 0 Å². The number of nitrogens with two attached hydrogens (primary N) is 1. The van der Waals surface area contributed by atoms with Gasteiger partial charge in [-0.05, 0) is 18.9 Å². The largest absolute Gasteiger partial charge is 0.397 e. The Morgan fingerprint density at radius 3 is 2.21 bits per heavy atom. The van der Waals surface area contributed by atoms with Crippen molar-refractivity contribution in [3.05, 3.63) is 23.8 Å². The monoisotopic (exact) mass is 268 g/mol. The van der Waals surface area contributed by atoms with E-state index in [2.05, 4.69) is 13.8 Å². The Hall–Kier alpha value is -1.32. The molecule has 1 aliphatic rings. The molecule has 2 nitrogen and oxygen atoms in total. The molecule has 19 heavy (non-hydrogen) atoms. The van der Waals surface area contributed by atoms with Gasteiger partial charge >= 0.3 is 0 Å². The molecule has 1 aliphatic heterocycles. The first-order chi connectivity index (χ1) is 9.01. The molecule has 1 aromatic rings. The van der Waals surface area contributed by atoms with Crippen LogP contribution in [0.1, 0.15) is 39.5 Å². The first kappa shape index (κ1) is 14.1. The molecule has 4 heteroatoms. The number of benzene rings is 1. The van der Waals surface area contributed by atoms with E-state index in [4.69, 9.17) is 5.73 Å². The number of nitrogen functional groups attached to an aromatic ring is 1. The van der Waals surface area contributed by atoms with E-state index in [0.29, 0.717) is 5.69 Å². The lowest BCUT2D eigenvalue weighted by Crippen LogP contribution is -2.56. The second-order valence-electron chi connectivity index (χ2n) is 5.68. The van der Waals surface area contributed by atoms with Gasteiger partial charge in [0.1, 0.15) is 5.82 Å². The van der Waals surface area contributed by atoms with Crippen LogP contribution in [0.5, 0.6) is 0 Å². The van der Waals surface area contributed by atoms with Gasteiger partial charge in [-0.25, -0.2) is 8.78 Å². The molecular weight excluding hydrogens is 246 g/mol. The first-order valence-electron chi connectivity index (χ1n) is 7.01. The van der Waals surface area contributed by atoms with Gasteiger partial charge in [0.05, 0.1) is 11.4 Å². The average molecular weight is 268 g/mol. The number of hydrogen-bond acceptors (Lipinski definition) is 2. The summed E-state index contributed by atoms with van der Waals surface area (Å²) in [7, 11) is 0. The zero-order chi connectivity index (χ0) is 14.0. The molecule has 0 aromatic heterocycles. The Balaban J connectivity index is 2.15. The van der Waals surface area contributed by atoms with Crippen molar-refractivity contribution in [2.45, 2.75) is 39.5 Å². The fraction of sp³-hybridized carbons (Fsp3) is 0.600. The van der Waals surface area contributed by atoms with E-state index in [-0.39, 0.29) is 11.1 Å². The zero-order valence-electron chi connectivity index (χ0n) is 11.7. The van der Waals surface area contributed by atoms with Crippen molar-refractivity contribution in [1.82, 2.24) is 0 Å². The van der Waals surface area contributed by atoms with E-state index in [9.17, 15) is 8.78 Å². The van der Waals surface area contributed by atoms with Gasteiger partial charge in [-0.15, -0.1) is 0 Å². The Morgan fingerprint density at radius 1 is 1.16 bits per heavy atom. The highest BCUT2D eigenvalue weighted by molar-refractivity contribution is 5.69. The summed E-state index contributed by atoms with van der Waals surface area (Å²) >= 11 is 0. The van der Waals surface area contributed by atoms with Gasteiger partial charge < -0.3 is 10.6 Å². The summed E-state index contributed by atoms with van der Waals surface area (Å²) in [6.07, 6.45) is 4.57. The second kappa shape index (κ2) is 5.35. The normalized spacial score (nSPS) is 17.4. The molecule has 0 spiro atoms. The van der Waals surface area contributed by atoms with Crippen molar-refractivity contribution in [2.24, 2.45) is 5.41 Å². The van der Waals surface area contributed by atoms with Gasteiger partial charge in [0.2, 0.25) is 0 Å². The number of nitrogens with zero attached hydrogens (tertiary/aromatic N) is 1. The van der Waals surface area contributed by atoms with Crippen molar-refractivity contribution in [3.8, 4) is 0 Å².